The minimum absolute atomic E-state index is 1.09. The van der Waals surface area contributed by atoms with Crippen LogP contribution in [0.15, 0.2) is 249 Å². The summed E-state index contributed by atoms with van der Waals surface area (Å²) in [6.07, 6.45) is 0. The van der Waals surface area contributed by atoms with Gasteiger partial charge in [-0.2, -0.15) is 0 Å². The second-order valence-electron chi connectivity index (χ2n) is 15.7. The Morgan fingerprint density at radius 1 is 0.213 bits per heavy atom. The maximum atomic E-state index is 2.41. The molecule has 0 unspecified atom stereocenters. The van der Waals surface area contributed by atoms with Gasteiger partial charge in [0.25, 0.3) is 0 Å². The van der Waals surface area contributed by atoms with Crippen molar-refractivity contribution >= 4 is 49.4 Å². The minimum atomic E-state index is 1.09. The van der Waals surface area contributed by atoms with Crippen LogP contribution in [0.4, 0.5) is 17.1 Å². The number of anilines is 3. The first kappa shape index (κ1) is 36.1. The largest absolute Gasteiger partial charge is 0.310 e. The van der Waals surface area contributed by atoms with E-state index >= 15 is 0 Å². The van der Waals surface area contributed by atoms with Crippen LogP contribution < -0.4 is 4.90 Å². The number of nitrogens with zero attached hydrogens (tertiary/aromatic N) is 1. The zero-order valence-electron chi connectivity index (χ0n) is 33.6. The van der Waals surface area contributed by atoms with E-state index in [1.165, 1.54) is 82.4 Å². The Morgan fingerprint density at radius 2 is 0.754 bits per heavy atom. The Bertz CT molecular complexity index is 3330. The van der Waals surface area contributed by atoms with Gasteiger partial charge in [-0.15, -0.1) is 0 Å². The van der Waals surface area contributed by atoms with Crippen molar-refractivity contribution in [1.82, 2.24) is 0 Å². The van der Waals surface area contributed by atoms with E-state index in [1.54, 1.807) is 0 Å². The average molecular weight is 776 g/mol. The van der Waals surface area contributed by atoms with Crippen molar-refractivity contribution in [2.24, 2.45) is 0 Å². The Balaban J connectivity index is 1.08. The van der Waals surface area contributed by atoms with Gasteiger partial charge in [-0.05, 0) is 125 Å². The summed E-state index contributed by atoms with van der Waals surface area (Å²) in [4.78, 5) is 2.40. The van der Waals surface area contributed by atoms with Crippen LogP contribution in [-0.4, -0.2) is 0 Å². The molecule has 11 rings (SSSR count). The topological polar surface area (TPSA) is 3.24 Å². The quantitative estimate of drug-likeness (QED) is 0.139. The standard InChI is InChI=1S/C60H41N/c1-4-17-42(18-5-1)43-31-33-44(34-32-43)47-22-16-25-50(39-47)61(49-23-8-3-9-24-49)60-30-15-14-29-56(60)55-38-36-48(40-57(55)45-19-6-2-7-20-45)58-41-59-51-26-11-10-21-46(51)35-37-54(59)52-27-12-13-28-53(52)58/h1-41H. The van der Waals surface area contributed by atoms with Gasteiger partial charge in [-0.3, -0.25) is 0 Å². The molecule has 0 aromatic heterocycles. The van der Waals surface area contributed by atoms with Crippen molar-refractivity contribution in [1.29, 1.82) is 0 Å². The summed E-state index contributed by atoms with van der Waals surface area (Å²) >= 11 is 0. The van der Waals surface area contributed by atoms with Crippen LogP contribution in [0.5, 0.6) is 0 Å². The van der Waals surface area contributed by atoms with E-state index in [-0.39, 0.29) is 0 Å². The molecule has 0 amide bonds. The highest BCUT2D eigenvalue weighted by Gasteiger charge is 2.21. The Labute approximate surface area is 357 Å². The summed E-state index contributed by atoms with van der Waals surface area (Å²) in [5.41, 5.74) is 15.2. The zero-order valence-corrected chi connectivity index (χ0v) is 33.6. The van der Waals surface area contributed by atoms with Gasteiger partial charge in [-0.1, -0.05) is 206 Å². The van der Waals surface area contributed by atoms with Gasteiger partial charge in [0.2, 0.25) is 0 Å². The lowest BCUT2D eigenvalue weighted by Crippen LogP contribution is -2.11. The van der Waals surface area contributed by atoms with Crippen LogP contribution in [0.1, 0.15) is 0 Å². The fourth-order valence-electron chi connectivity index (χ4n) is 9.11. The van der Waals surface area contributed by atoms with Crippen LogP contribution in [-0.2, 0) is 0 Å². The maximum Gasteiger partial charge on any atom is 0.0540 e. The molecule has 1 heteroatoms. The van der Waals surface area contributed by atoms with Crippen LogP contribution in [0.25, 0.3) is 88.0 Å². The highest BCUT2D eigenvalue weighted by molar-refractivity contribution is 6.21. The zero-order chi connectivity index (χ0) is 40.5. The molecule has 0 N–H and O–H groups in total. The summed E-state index contributed by atoms with van der Waals surface area (Å²) in [5, 5.41) is 7.60. The lowest BCUT2D eigenvalue weighted by atomic mass is 9.87. The monoisotopic (exact) mass is 775 g/mol. The number of rotatable bonds is 8. The maximum absolute atomic E-state index is 2.41. The van der Waals surface area contributed by atoms with Crippen molar-refractivity contribution in [2.75, 3.05) is 4.90 Å². The molecule has 0 fully saturated rings. The van der Waals surface area contributed by atoms with E-state index in [0.717, 1.165) is 22.6 Å². The normalized spacial score (nSPS) is 11.3. The summed E-state index contributed by atoms with van der Waals surface area (Å²) < 4.78 is 0. The van der Waals surface area contributed by atoms with Crippen molar-refractivity contribution in [3.63, 3.8) is 0 Å². The fourth-order valence-corrected chi connectivity index (χ4v) is 9.11. The Kier molecular flexibility index (Phi) is 9.26. The minimum Gasteiger partial charge on any atom is -0.310 e. The Morgan fingerprint density at radius 3 is 1.52 bits per heavy atom. The van der Waals surface area contributed by atoms with E-state index < -0.39 is 0 Å². The number of benzene rings is 11. The second-order valence-corrected chi connectivity index (χ2v) is 15.7. The van der Waals surface area contributed by atoms with E-state index in [0.29, 0.717) is 0 Å². The van der Waals surface area contributed by atoms with E-state index in [4.69, 9.17) is 0 Å². The predicted molar refractivity (Wildman–Crippen MR) is 261 cm³/mol. The Hall–Kier alpha value is -8.00. The summed E-state index contributed by atoms with van der Waals surface area (Å²) in [7, 11) is 0. The molecule has 11 aromatic carbocycles. The van der Waals surface area contributed by atoms with Gasteiger partial charge in [0, 0.05) is 16.9 Å². The molecule has 286 valence electrons. The molecule has 0 saturated carbocycles. The highest BCUT2D eigenvalue weighted by Crippen LogP contribution is 2.46. The highest BCUT2D eigenvalue weighted by atomic mass is 15.1. The molecule has 0 aliphatic rings. The average Bonchev–Trinajstić information content (AvgIpc) is 3.35. The smallest absolute Gasteiger partial charge is 0.0540 e. The summed E-state index contributed by atoms with van der Waals surface area (Å²) in [5.74, 6) is 0. The molecule has 1 nitrogen and oxygen atoms in total. The van der Waals surface area contributed by atoms with Crippen molar-refractivity contribution in [3.05, 3.63) is 249 Å². The van der Waals surface area contributed by atoms with E-state index in [2.05, 4.69) is 254 Å². The van der Waals surface area contributed by atoms with Gasteiger partial charge in [-0.25, -0.2) is 0 Å². The molecule has 61 heavy (non-hydrogen) atoms. The molecule has 0 radical (unpaired) electrons. The first-order valence-corrected chi connectivity index (χ1v) is 21.0. The van der Waals surface area contributed by atoms with E-state index in [9.17, 15) is 0 Å². The summed E-state index contributed by atoms with van der Waals surface area (Å²) in [6, 6.07) is 90.5. The molecule has 0 aliphatic heterocycles. The third-order valence-corrected chi connectivity index (χ3v) is 12.1. The molecule has 0 saturated heterocycles. The lowest BCUT2D eigenvalue weighted by Gasteiger charge is -2.29. The van der Waals surface area contributed by atoms with Crippen molar-refractivity contribution in [2.45, 2.75) is 0 Å². The molecular formula is C60H41N. The molecule has 11 aromatic rings. The van der Waals surface area contributed by atoms with Gasteiger partial charge in [0.05, 0.1) is 5.69 Å². The SMILES string of the molecule is c1ccc(-c2ccc(-c3cccc(N(c4ccccc4)c4ccccc4-c4ccc(-c5cc6c7ccccc7ccc6c6ccccc56)cc4-c4ccccc4)c3)cc2)cc1. The molecule has 0 aliphatic carbocycles. The van der Waals surface area contributed by atoms with Crippen LogP contribution >= 0.6 is 0 Å². The second kappa shape index (κ2) is 15.6. The molecule has 0 spiro atoms. The van der Waals surface area contributed by atoms with Gasteiger partial charge in [0.15, 0.2) is 0 Å². The molecule has 0 atom stereocenters. The predicted octanol–water partition coefficient (Wildman–Crippen LogP) is 17.0. The van der Waals surface area contributed by atoms with Crippen molar-refractivity contribution < 1.29 is 0 Å². The van der Waals surface area contributed by atoms with Crippen molar-refractivity contribution in [3.8, 4) is 55.6 Å². The molecular weight excluding hydrogens is 735 g/mol. The fraction of sp³-hybridized carbons (Fsp3) is 0. The first-order chi connectivity index (χ1) is 30.3. The number of hydrogen-bond acceptors (Lipinski definition) is 1. The number of hydrogen-bond donors (Lipinski definition) is 0. The van der Waals surface area contributed by atoms with Crippen LogP contribution in [0.2, 0.25) is 0 Å². The van der Waals surface area contributed by atoms with Gasteiger partial charge in [0.1, 0.15) is 0 Å². The van der Waals surface area contributed by atoms with Crippen LogP contribution in [0, 0.1) is 0 Å². The van der Waals surface area contributed by atoms with Crippen LogP contribution in [0.3, 0.4) is 0 Å². The first-order valence-electron chi connectivity index (χ1n) is 21.0. The van der Waals surface area contributed by atoms with E-state index in [1.807, 2.05) is 0 Å². The lowest BCUT2D eigenvalue weighted by molar-refractivity contribution is 1.28. The van der Waals surface area contributed by atoms with Gasteiger partial charge < -0.3 is 4.90 Å². The summed E-state index contributed by atoms with van der Waals surface area (Å²) in [6.45, 7) is 0. The number of para-hydroxylation sites is 2. The van der Waals surface area contributed by atoms with Gasteiger partial charge >= 0.3 is 0 Å². The number of fused-ring (bicyclic) bond motifs is 5. The molecule has 0 heterocycles. The third kappa shape index (κ3) is 6.73. The third-order valence-electron chi connectivity index (χ3n) is 12.1. The molecule has 0 bridgehead atoms.